The van der Waals surface area contributed by atoms with Crippen LogP contribution in [0.5, 0.6) is 5.75 Å². The highest BCUT2D eigenvalue weighted by atomic mass is 31.2. The van der Waals surface area contributed by atoms with Gasteiger partial charge in [0.2, 0.25) is 0 Å². The Labute approximate surface area is 180 Å². The molecule has 7 nitrogen and oxygen atoms in total. The first-order valence-electron chi connectivity index (χ1n) is 9.91. The van der Waals surface area contributed by atoms with Gasteiger partial charge in [0.25, 0.3) is 0 Å². The average Bonchev–Trinajstić information content (AvgIpc) is 2.71. The first-order valence-corrected chi connectivity index (χ1v) is 11.7. The number of hydrogen-bond donors (Lipinski definition) is 3. The lowest BCUT2D eigenvalue weighted by Crippen LogP contribution is -2.01. The van der Waals surface area contributed by atoms with Crippen LogP contribution in [0, 0.1) is 13.8 Å². The molecule has 0 aliphatic carbocycles. The summed E-state index contributed by atoms with van der Waals surface area (Å²) in [6.45, 7) is 3.99. The van der Waals surface area contributed by atoms with Gasteiger partial charge in [-0.25, -0.2) is 4.98 Å². The Morgan fingerprint density at radius 2 is 1.81 bits per heavy atom. The van der Waals surface area contributed by atoms with E-state index in [4.69, 9.17) is 20.3 Å². The van der Waals surface area contributed by atoms with E-state index in [-0.39, 0.29) is 0 Å². The molecule has 4 aromatic rings. The topological polar surface area (TPSA) is 119 Å². The Morgan fingerprint density at radius 1 is 1.03 bits per heavy atom. The molecular weight excluding hydrogens is 413 g/mol. The maximum atomic E-state index is 11.0. The van der Waals surface area contributed by atoms with Crippen molar-refractivity contribution in [2.75, 3.05) is 12.1 Å². The number of anilines is 1. The molecule has 0 saturated heterocycles. The first kappa shape index (κ1) is 21.2. The highest BCUT2D eigenvalue weighted by Crippen LogP contribution is 2.35. The number of aromatic nitrogens is 2. The molecule has 0 unspecified atom stereocenters. The number of pyridine rings is 2. The van der Waals surface area contributed by atoms with E-state index in [1.54, 1.807) is 18.3 Å². The molecule has 31 heavy (non-hydrogen) atoms. The van der Waals surface area contributed by atoms with Crippen LogP contribution in [0.1, 0.15) is 22.3 Å². The third-order valence-corrected chi connectivity index (χ3v) is 5.79. The minimum absolute atomic E-state index is 0.428. The molecule has 0 bridgehead atoms. The molecule has 0 saturated carbocycles. The quantitative estimate of drug-likeness (QED) is 0.304. The zero-order valence-corrected chi connectivity index (χ0v) is 18.3. The minimum atomic E-state index is -4.21. The molecule has 4 N–H and O–H groups in total. The number of rotatable bonds is 6. The Kier molecular flexibility index (Phi) is 5.67. The lowest BCUT2D eigenvalue weighted by Gasteiger charge is -2.13. The molecule has 0 fully saturated rings. The predicted molar refractivity (Wildman–Crippen MR) is 122 cm³/mol. The van der Waals surface area contributed by atoms with Crippen LogP contribution in [-0.4, -0.2) is 26.1 Å². The molecule has 4 rings (SSSR count). The van der Waals surface area contributed by atoms with Gasteiger partial charge in [-0.05, 0) is 73.2 Å². The monoisotopic (exact) mass is 437 g/mol. The Bertz CT molecular complexity index is 1330. The van der Waals surface area contributed by atoms with E-state index < -0.39 is 13.9 Å². The maximum absolute atomic E-state index is 11.0. The van der Waals surface area contributed by atoms with Gasteiger partial charge in [-0.3, -0.25) is 9.55 Å². The third-order valence-electron chi connectivity index (χ3n) is 5.32. The Balaban J connectivity index is 1.64. The summed E-state index contributed by atoms with van der Waals surface area (Å²) in [6.07, 6.45) is 2.71. The summed E-state index contributed by atoms with van der Waals surface area (Å²) in [5, 5.41) is 2.07. The van der Waals surface area contributed by atoms with Crippen molar-refractivity contribution in [2.45, 2.75) is 26.7 Å². The van der Waals surface area contributed by atoms with Crippen molar-refractivity contribution in [1.29, 1.82) is 0 Å². The fourth-order valence-corrected chi connectivity index (χ4v) is 4.12. The molecule has 0 aliphatic heterocycles. The Morgan fingerprint density at radius 3 is 2.55 bits per heavy atom. The summed E-state index contributed by atoms with van der Waals surface area (Å²) in [4.78, 5) is 27.0. The minimum Gasteiger partial charge on any atom is -0.481 e. The highest BCUT2D eigenvalue weighted by Gasteiger charge is 2.15. The molecule has 0 spiro atoms. The van der Waals surface area contributed by atoms with Crippen molar-refractivity contribution >= 4 is 35.2 Å². The Hall–Kier alpha value is -2.99. The maximum Gasteiger partial charge on any atom is 0.362 e. The summed E-state index contributed by atoms with van der Waals surface area (Å²) in [6, 6.07) is 13.7. The first-order chi connectivity index (χ1) is 14.7. The number of nitrogens with zero attached hydrogens (tertiary/aromatic N) is 2. The summed E-state index contributed by atoms with van der Waals surface area (Å²) >= 11 is 0. The van der Waals surface area contributed by atoms with Crippen molar-refractivity contribution < 1.29 is 19.1 Å². The second-order valence-corrected chi connectivity index (χ2v) is 9.33. The molecule has 0 radical (unpaired) electrons. The lowest BCUT2D eigenvalue weighted by atomic mass is 9.96. The molecule has 8 heteroatoms. The third kappa shape index (κ3) is 4.69. The number of fused-ring (bicyclic) bond motifs is 3. The normalized spacial score (nSPS) is 11.9. The van der Waals surface area contributed by atoms with Crippen LogP contribution in [0.2, 0.25) is 0 Å². The van der Waals surface area contributed by atoms with E-state index >= 15 is 0 Å². The van der Waals surface area contributed by atoms with Crippen LogP contribution in [0.3, 0.4) is 0 Å². The second kappa shape index (κ2) is 8.27. The molecule has 160 valence electrons. The van der Waals surface area contributed by atoms with Gasteiger partial charge in [0, 0.05) is 17.0 Å². The van der Waals surface area contributed by atoms with E-state index in [1.807, 2.05) is 32.0 Å². The second-order valence-electron chi connectivity index (χ2n) is 7.74. The number of nitrogen functional groups attached to an aromatic ring is 1. The lowest BCUT2D eigenvalue weighted by molar-refractivity contribution is 0.300. The SMILES string of the molecule is Cc1ccc2c(c1)nc(N)c1nccc(CCc3ccc(OCP(=O)(O)O)cc3C)c12. The van der Waals surface area contributed by atoms with E-state index in [2.05, 4.69) is 22.1 Å². The molecule has 2 heterocycles. The van der Waals surface area contributed by atoms with Crippen molar-refractivity contribution in [3.8, 4) is 5.75 Å². The van der Waals surface area contributed by atoms with E-state index in [1.165, 1.54) is 0 Å². The van der Waals surface area contributed by atoms with E-state index in [9.17, 15) is 4.57 Å². The van der Waals surface area contributed by atoms with Crippen LogP contribution in [0.4, 0.5) is 5.82 Å². The van der Waals surface area contributed by atoms with Gasteiger partial charge in [-0.2, -0.15) is 0 Å². The van der Waals surface area contributed by atoms with Crippen LogP contribution in [0.15, 0.2) is 48.7 Å². The molecule has 2 aromatic carbocycles. The molecular formula is C23H24N3O4P. The summed E-state index contributed by atoms with van der Waals surface area (Å²) in [5.74, 6) is 0.872. The zero-order chi connectivity index (χ0) is 22.2. The van der Waals surface area contributed by atoms with E-state index in [0.29, 0.717) is 17.1 Å². The summed E-state index contributed by atoms with van der Waals surface area (Å²) in [5.41, 5.74) is 12.2. The van der Waals surface area contributed by atoms with Crippen LogP contribution in [0.25, 0.3) is 21.8 Å². The number of benzene rings is 2. The van der Waals surface area contributed by atoms with Crippen LogP contribution < -0.4 is 10.5 Å². The number of ether oxygens (including phenoxy) is 1. The van der Waals surface area contributed by atoms with Crippen LogP contribution in [-0.2, 0) is 17.4 Å². The fourth-order valence-electron chi connectivity index (χ4n) is 3.80. The molecule has 0 atom stereocenters. The number of aryl methyl sites for hydroxylation is 4. The van der Waals surface area contributed by atoms with Gasteiger partial charge < -0.3 is 20.3 Å². The molecule has 0 aliphatic rings. The number of hydrogen-bond acceptors (Lipinski definition) is 5. The van der Waals surface area contributed by atoms with Gasteiger partial charge in [0.05, 0.1) is 5.52 Å². The van der Waals surface area contributed by atoms with Gasteiger partial charge in [-0.15, -0.1) is 0 Å². The molecule has 0 amide bonds. The fraction of sp³-hybridized carbons (Fsp3) is 0.217. The van der Waals surface area contributed by atoms with Gasteiger partial charge in [0.1, 0.15) is 11.3 Å². The van der Waals surface area contributed by atoms with Crippen molar-refractivity contribution in [1.82, 2.24) is 9.97 Å². The zero-order valence-electron chi connectivity index (χ0n) is 17.4. The average molecular weight is 437 g/mol. The van der Waals surface area contributed by atoms with Gasteiger partial charge in [-0.1, -0.05) is 18.2 Å². The van der Waals surface area contributed by atoms with Crippen molar-refractivity contribution in [2.24, 2.45) is 0 Å². The van der Waals surface area contributed by atoms with Crippen molar-refractivity contribution in [3.05, 3.63) is 70.9 Å². The highest BCUT2D eigenvalue weighted by molar-refractivity contribution is 7.51. The van der Waals surface area contributed by atoms with Crippen LogP contribution >= 0.6 is 7.60 Å². The van der Waals surface area contributed by atoms with Crippen molar-refractivity contribution in [3.63, 3.8) is 0 Å². The van der Waals surface area contributed by atoms with Gasteiger partial charge >= 0.3 is 7.60 Å². The van der Waals surface area contributed by atoms with Gasteiger partial charge in [0.15, 0.2) is 12.2 Å². The molecule has 2 aromatic heterocycles. The summed E-state index contributed by atoms with van der Waals surface area (Å²) in [7, 11) is -4.21. The standard InChI is InChI=1S/C23H24N3O4P/c1-14-3-8-19-20(11-14)26-23(24)22-21(19)17(9-10-25-22)5-4-16-6-7-18(12-15(16)2)30-13-31(27,28)29/h3,6-12H,4-5,13H2,1-2H3,(H2,24,26)(H2,27,28,29). The predicted octanol–water partition coefficient (Wildman–Crippen LogP) is 4.28. The largest absolute Gasteiger partial charge is 0.481 e. The number of nitrogens with two attached hydrogens (primary N) is 1. The van der Waals surface area contributed by atoms with E-state index in [0.717, 1.165) is 51.4 Å². The smallest absolute Gasteiger partial charge is 0.362 e. The summed E-state index contributed by atoms with van der Waals surface area (Å²) < 4.78 is 16.2.